The van der Waals surface area contributed by atoms with Crippen LogP contribution in [0, 0.1) is 16.0 Å². The van der Waals surface area contributed by atoms with Gasteiger partial charge in [-0.3, -0.25) is 10.1 Å². The molecule has 0 aromatic heterocycles. The van der Waals surface area contributed by atoms with Gasteiger partial charge in [-0.15, -0.1) is 0 Å². The Morgan fingerprint density at radius 2 is 2.15 bits per heavy atom. The number of aliphatic hydroxyl groups excluding tert-OH is 1. The third-order valence-corrected chi connectivity index (χ3v) is 1.54. The molecule has 0 saturated heterocycles. The maximum absolute atomic E-state index is 10.0. The van der Waals surface area contributed by atoms with Crippen molar-refractivity contribution in [3.63, 3.8) is 0 Å². The van der Waals surface area contributed by atoms with Crippen molar-refractivity contribution in [1.82, 2.24) is 0 Å². The van der Waals surface area contributed by atoms with Crippen molar-refractivity contribution in [3.8, 4) is 0 Å². The SMILES string of the molecule is CC(CC(O)CC(=O)[O-])C[N+](=O)[O-]. The Hall–Kier alpha value is -1.17. The number of rotatable bonds is 6. The lowest BCUT2D eigenvalue weighted by atomic mass is 10.0. The molecule has 76 valence electrons. The summed E-state index contributed by atoms with van der Waals surface area (Å²) >= 11 is 0. The maximum atomic E-state index is 10.0. The van der Waals surface area contributed by atoms with Crippen LogP contribution in [0.15, 0.2) is 0 Å². The monoisotopic (exact) mass is 190 g/mol. The van der Waals surface area contributed by atoms with Gasteiger partial charge in [0.25, 0.3) is 0 Å². The van der Waals surface area contributed by atoms with Crippen LogP contribution in [0.2, 0.25) is 0 Å². The number of carbonyl (C=O) groups is 1. The Labute approximate surface area is 75.3 Å². The van der Waals surface area contributed by atoms with Gasteiger partial charge in [-0.2, -0.15) is 0 Å². The zero-order chi connectivity index (χ0) is 10.4. The van der Waals surface area contributed by atoms with E-state index in [-0.39, 0.29) is 18.9 Å². The van der Waals surface area contributed by atoms with Gasteiger partial charge in [0.05, 0.1) is 6.10 Å². The minimum absolute atomic E-state index is 0.106. The molecule has 0 rings (SSSR count). The summed E-state index contributed by atoms with van der Waals surface area (Å²) in [5, 5.41) is 29.1. The van der Waals surface area contributed by atoms with Crippen LogP contribution < -0.4 is 5.11 Å². The molecular weight excluding hydrogens is 178 g/mol. The van der Waals surface area contributed by atoms with Crippen molar-refractivity contribution in [3.05, 3.63) is 10.1 Å². The highest BCUT2D eigenvalue weighted by molar-refractivity contribution is 5.64. The van der Waals surface area contributed by atoms with Crippen molar-refractivity contribution in [2.75, 3.05) is 6.54 Å². The summed E-state index contributed by atoms with van der Waals surface area (Å²) in [6.45, 7) is 1.32. The van der Waals surface area contributed by atoms with Crippen molar-refractivity contribution in [1.29, 1.82) is 0 Å². The lowest BCUT2D eigenvalue weighted by Crippen LogP contribution is -2.29. The first-order valence-corrected chi connectivity index (χ1v) is 3.91. The molecule has 0 aromatic carbocycles. The minimum Gasteiger partial charge on any atom is -0.550 e. The number of aliphatic carboxylic acids is 1. The maximum Gasteiger partial charge on any atom is 0.206 e. The molecule has 6 heteroatoms. The van der Waals surface area contributed by atoms with Crippen LogP contribution in [0.3, 0.4) is 0 Å². The van der Waals surface area contributed by atoms with E-state index in [9.17, 15) is 20.0 Å². The molecule has 0 radical (unpaired) electrons. The molecule has 1 N–H and O–H groups in total. The third-order valence-electron chi connectivity index (χ3n) is 1.54. The highest BCUT2D eigenvalue weighted by Crippen LogP contribution is 2.08. The second kappa shape index (κ2) is 5.47. The molecule has 0 aliphatic carbocycles. The minimum atomic E-state index is -1.35. The van der Waals surface area contributed by atoms with Crippen molar-refractivity contribution >= 4 is 5.97 Å². The van der Waals surface area contributed by atoms with Crippen LogP contribution in [0.5, 0.6) is 0 Å². The topological polar surface area (TPSA) is 104 Å². The number of nitro groups is 1. The van der Waals surface area contributed by atoms with E-state index in [1.807, 2.05) is 0 Å². The third kappa shape index (κ3) is 7.20. The van der Waals surface area contributed by atoms with Gasteiger partial charge in [-0.1, -0.05) is 6.92 Å². The van der Waals surface area contributed by atoms with Crippen LogP contribution in [0.1, 0.15) is 19.8 Å². The van der Waals surface area contributed by atoms with Crippen LogP contribution in [0.4, 0.5) is 0 Å². The van der Waals surface area contributed by atoms with Gasteiger partial charge in [0.2, 0.25) is 6.54 Å². The van der Waals surface area contributed by atoms with Gasteiger partial charge in [-0.25, -0.2) is 0 Å². The standard InChI is InChI=1S/C7H13NO5/c1-5(4-8(12)13)2-6(9)3-7(10)11/h5-6,9H,2-4H2,1H3,(H,10,11)/p-1. The Kier molecular flexibility index (Phi) is 4.98. The quantitative estimate of drug-likeness (QED) is 0.418. The van der Waals surface area contributed by atoms with Crippen LogP contribution in [-0.4, -0.2) is 28.6 Å². The number of carboxylic acids is 1. The number of hydrogen-bond acceptors (Lipinski definition) is 5. The lowest BCUT2D eigenvalue weighted by molar-refractivity contribution is -0.487. The second-order valence-corrected chi connectivity index (χ2v) is 3.09. The molecule has 0 aliphatic rings. The van der Waals surface area contributed by atoms with E-state index in [0.717, 1.165) is 0 Å². The molecule has 0 aliphatic heterocycles. The fourth-order valence-corrected chi connectivity index (χ4v) is 1.07. The molecular formula is C7H12NO5-. The van der Waals surface area contributed by atoms with E-state index >= 15 is 0 Å². The number of aliphatic hydroxyl groups is 1. The van der Waals surface area contributed by atoms with E-state index in [4.69, 9.17) is 5.11 Å². The second-order valence-electron chi connectivity index (χ2n) is 3.09. The molecule has 0 fully saturated rings. The van der Waals surface area contributed by atoms with Gasteiger partial charge >= 0.3 is 0 Å². The molecule has 0 amide bonds. The Morgan fingerprint density at radius 3 is 2.54 bits per heavy atom. The summed E-state index contributed by atoms with van der Waals surface area (Å²) in [5.41, 5.74) is 0. The molecule has 0 saturated carbocycles. The average molecular weight is 190 g/mol. The van der Waals surface area contributed by atoms with Gasteiger partial charge in [0.1, 0.15) is 0 Å². The number of nitrogens with zero attached hydrogens (tertiary/aromatic N) is 1. The lowest BCUT2D eigenvalue weighted by Gasteiger charge is -2.13. The Bertz CT molecular complexity index is 173. The van der Waals surface area contributed by atoms with Crippen molar-refractivity contribution < 1.29 is 19.9 Å². The van der Waals surface area contributed by atoms with E-state index in [1.165, 1.54) is 0 Å². The van der Waals surface area contributed by atoms with Crippen molar-refractivity contribution in [2.24, 2.45) is 5.92 Å². The largest absolute Gasteiger partial charge is 0.550 e. The molecule has 2 atom stereocenters. The normalized spacial score (nSPS) is 14.9. The van der Waals surface area contributed by atoms with Crippen LogP contribution >= 0.6 is 0 Å². The fraction of sp³-hybridized carbons (Fsp3) is 0.857. The first-order valence-electron chi connectivity index (χ1n) is 3.91. The van der Waals surface area contributed by atoms with Crippen LogP contribution in [-0.2, 0) is 4.79 Å². The van der Waals surface area contributed by atoms with E-state index in [0.29, 0.717) is 0 Å². The predicted molar refractivity (Wildman–Crippen MR) is 41.3 cm³/mol. The molecule has 2 unspecified atom stereocenters. The average Bonchev–Trinajstić information content (AvgIpc) is 1.80. The van der Waals surface area contributed by atoms with E-state index < -0.39 is 23.4 Å². The van der Waals surface area contributed by atoms with Crippen molar-refractivity contribution in [2.45, 2.75) is 25.9 Å². The first-order chi connectivity index (χ1) is 5.91. The zero-order valence-electron chi connectivity index (χ0n) is 7.30. The summed E-state index contributed by atoms with van der Waals surface area (Å²) in [7, 11) is 0. The number of carbonyl (C=O) groups excluding carboxylic acids is 1. The van der Waals surface area contributed by atoms with E-state index in [1.54, 1.807) is 6.92 Å². The fourth-order valence-electron chi connectivity index (χ4n) is 1.07. The Balaban J connectivity index is 3.70. The van der Waals surface area contributed by atoms with Gasteiger partial charge < -0.3 is 15.0 Å². The number of hydrogen-bond donors (Lipinski definition) is 1. The summed E-state index contributed by atoms with van der Waals surface area (Å²) in [6, 6.07) is 0. The highest BCUT2D eigenvalue weighted by atomic mass is 16.6. The van der Waals surface area contributed by atoms with E-state index in [2.05, 4.69) is 0 Å². The van der Waals surface area contributed by atoms with Crippen LogP contribution in [0.25, 0.3) is 0 Å². The van der Waals surface area contributed by atoms with Gasteiger partial charge in [-0.05, 0) is 6.42 Å². The molecule has 0 heterocycles. The summed E-state index contributed by atoms with van der Waals surface area (Å²) in [6.07, 6.45) is -1.42. The Morgan fingerprint density at radius 1 is 1.62 bits per heavy atom. The summed E-state index contributed by atoms with van der Waals surface area (Å²) in [5.74, 6) is -1.68. The van der Waals surface area contributed by atoms with Gasteiger partial charge in [0.15, 0.2) is 0 Å². The summed E-state index contributed by atoms with van der Waals surface area (Å²) in [4.78, 5) is 19.5. The smallest absolute Gasteiger partial charge is 0.206 e. The molecule has 0 bridgehead atoms. The van der Waals surface area contributed by atoms with Gasteiger partial charge in [0, 0.05) is 23.2 Å². The molecule has 0 spiro atoms. The first kappa shape index (κ1) is 11.8. The zero-order valence-corrected chi connectivity index (χ0v) is 7.30. The summed E-state index contributed by atoms with van der Waals surface area (Å²) < 4.78 is 0. The molecule has 6 nitrogen and oxygen atoms in total. The number of carboxylic acid groups (broad SMARTS) is 1. The molecule has 13 heavy (non-hydrogen) atoms. The predicted octanol–water partition coefficient (Wildman–Crippen LogP) is -1.21. The molecule has 0 aromatic rings. The highest BCUT2D eigenvalue weighted by Gasteiger charge is 2.14.